The molecule has 0 spiro atoms. The summed E-state index contributed by atoms with van der Waals surface area (Å²) in [6, 6.07) is 12.9. The van der Waals surface area contributed by atoms with Crippen LogP contribution in [0.2, 0.25) is 0 Å². The molecule has 1 atom stereocenters. The van der Waals surface area contributed by atoms with Gasteiger partial charge in [0.15, 0.2) is 0 Å². The smallest absolute Gasteiger partial charge is 0.241 e. The van der Waals surface area contributed by atoms with Gasteiger partial charge in [-0.05, 0) is 87.4 Å². The van der Waals surface area contributed by atoms with Crippen LogP contribution in [-0.4, -0.2) is 33.2 Å². The van der Waals surface area contributed by atoms with Gasteiger partial charge in [-0.2, -0.15) is 0 Å². The van der Waals surface area contributed by atoms with E-state index in [1.165, 1.54) is 24.0 Å². The van der Waals surface area contributed by atoms with Crippen LogP contribution in [0.3, 0.4) is 0 Å². The molecule has 1 amide bonds. The second-order valence-corrected chi connectivity index (χ2v) is 10.4. The Labute approximate surface area is 185 Å². The first-order chi connectivity index (χ1) is 14.6. The molecule has 1 aliphatic carbocycles. The van der Waals surface area contributed by atoms with Crippen molar-refractivity contribution >= 4 is 21.6 Å². The molecule has 3 rings (SSSR count). The van der Waals surface area contributed by atoms with Gasteiger partial charge < -0.3 is 10.1 Å². The first-order valence-corrected chi connectivity index (χ1v) is 12.6. The Morgan fingerprint density at radius 2 is 1.68 bits per heavy atom. The number of carbonyl (C=O) groups excluding carboxylic acids is 1. The highest BCUT2D eigenvalue weighted by molar-refractivity contribution is 7.92. The molecule has 1 unspecified atom stereocenters. The highest BCUT2D eigenvalue weighted by Crippen LogP contribution is 2.25. The molecule has 0 saturated carbocycles. The van der Waals surface area contributed by atoms with Crippen molar-refractivity contribution in [2.45, 2.75) is 58.6 Å². The first kappa shape index (κ1) is 23.1. The number of ether oxygens (including phenoxy) is 1. The van der Waals surface area contributed by atoms with E-state index in [9.17, 15) is 13.2 Å². The van der Waals surface area contributed by atoms with Gasteiger partial charge in [0.1, 0.15) is 12.3 Å². The van der Waals surface area contributed by atoms with E-state index in [-0.39, 0.29) is 24.6 Å². The number of benzene rings is 2. The molecule has 0 fully saturated rings. The lowest BCUT2D eigenvalue weighted by atomic mass is 9.89. The number of sulfonamides is 1. The van der Waals surface area contributed by atoms with Crippen molar-refractivity contribution < 1.29 is 17.9 Å². The molecule has 2 aromatic carbocycles. The van der Waals surface area contributed by atoms with Crippen LogP contribution in [0, 0.1) is 0 Å². The van der Waals surface area contributed by atoms with Gasteiger partial charge in [0.25, 0.3) is 0 Å². The van der Waals surface area contributed by atoms with E-state index < -0.39 is 10.0 Å². The number of rotatable bonds is 8. The molecule has 7 heteroatoms. The monoisotopic (exact) mass is 444 g/mol. The molecule has 31 heavy (non-hydrogen) atoms. The minimum Gasteiger partial charge on any atom is -0.491 e. The van der Waals surface area contributed by atoms with Crippen molar-refractivity contribution in [3.8, 4) is 5.75 Å². The number of hydrogen-bond acceptors (Lipinski definition) is 4. The maximum atomic E-state index is 12.7. The van der Waals surface area contributed by atoms with E-state index >= 15 is 0 Å². The third-order valence-corrected chi connectivity index (χ3v) is 6.57. The number of fused-ring (bicyclic) bond motifs is 1. The molecule has 0 aliphatic heterocycles. The van der Waals surface area contributed by atoms with E-state index in [0.717, 1.165) is 29.0 Å². The van der Waals surface area contributed by atoms with Gasteiger partial charge in [0, 0.05) is 0 Å². The van der Waals surface area contributed by atoms with E-state index in [1.807, 2.05) is 20.8 Å². The Morgan fingerprint density at radius 1 is 1.03 bits per heavy atom. The Bertz CT molecular complexity index is 1020. The molecular weight excluding hydrogens is 412 g/mol. The highest BCUT2D eigenvalue weighted by Gasteiger charge is 2.22. The van der Waals surface area contributed by atoms with Crippen LogP contribution in [-0.2, 0) is 27.7 Å². The van der Waals surface area contributed by atoms with Gasteiger partial charge in [-0.3, -0.25) is 9.10 Å². The summed E-state index contributed by atoms with van der Waals surface area (Å²) in [7, 11) is -3.63. The summed E-state index contributed by atoms with van der Waals surface area (Å²) in [6.45, 7) is 5.49. The fourth-order valence-corrected chi connectivity index (χ4v) is 4.74. The van der Waals surface area contributed by atoms with Gasteiger partial charge in [-0.25, -0.2) is 8.42 Å². The first-order valence-electron chi connectivity index (χ1n) is 10.8. The largest absolute Gasteiger partial charge is 0.491 e. The van der Waals surface area contributed by atoms with Gasteiger partial charge in [-0.15, -0.1) is 0 Å². The number of aryl methyl sites for hydroxylation is 2. The van der Waals surface area contributed by atoms with Crippen LogP contribution in [0.15, 0.2) is 42.5 Å². The van der Waals surface area contributed by atoms with E-state index in [0.29, 0.717) is 11.4 Å². The number of nitrogens with one attached hydrogen (secondary N) is 1. The lowest BCUT2D eigenvalue weighted by molar-refractivity contribution is -0.120. The Balaban J connectivity index is 1.69. The minimum atomic E-state index is -3.63. The third-order valence-electron chi connectivity index (χ3n) is 5.43. The van der Waals surface area contributed by atoms with Crippen LogP contribution >= 0.6 is 0 Å². The normalized spacial score (nSPS) is 14.6. The zero-order valence-corrected chi connectivity index (χ0v) is 19.5. The molecule has 1 N–H and O–H groups in total. The van der Waals surface area contributed by atoms with Crippen LogP contribution in [0.1, 0.15) is 56.3 Å². The number of nitrogens with zero attached hydrogens (tertiary/aromatic N) is 1. The van der Waals surface area contributed by atoms with Crippen molar-refractivity contribution in [1.82, 2.24) is 5.32 Å². The van der Waals surface area contributed by atoms with E-state index in [2.05, 4.69) is 23.5 Å². The SMILES string of the molecule is CC(C)Oc1ccc(N(CC(=O)NC(C)c2ccc3c(c2)CCCC3)S(C)(=O)=O)cc1. The number of carbonyl (C=O) groups is 1. The zero-order valence-electron chi connectivity index (χ0n) is 18.7. The van der Waals surface area contributed by atoms with Gasteiger partial charge >= 0.3 is 0 Å². The van der Waals surface area contributed by atoms with Gasteiger partial charge in [0.2, 0.25) is 15.9 Å². The fourth-order valence-electron chi connectivity index (χ4n) is 3.89. The summed E-state index contributed by atoms with van der Waals surface area (Å²) >= 11 is 0. The third kappa shape index (κ3) is 6.23. The van der Waals surface area contributed by atoms with Crippen molar-refractivity contribution in [2.24, 2.45) is 0 Å². The Hall–Kier alpha value is -2.54. The van der Waals surface area contributed by atoms with Crippen LogP contribution < -0.4 is 14.4 Å². The van der Waals surface area contributed by atoms with Crippen molar-refractivity contribution in [3.05, 3.63) is 59.2 Å². The summed E-state index contributed by atoms with van der Waals surface area (Å²) in [5.41, 5.74) is 4.21. The zero-order chi connectivity index (χ0) is 22.6. The van der Waals surface area contributed by atoms with Crippen LogP contribution in [0.4, 0.5) is 5.69 Å². The molecule has 6 nitrogen and oxygen atoms in total. The molecule has 1 aliphatic rings. The molecule has 0 aromatic heterocycles. The van der Waals surface area contributed by atoms with Crippen molar-refractivity contribution in [1.29, 1.82) is 0 Å². The lowest BCUT2D eigenvalue weighted by Crippen LogP contribution is -2.41. The minimum absolute atomic E-state index is 0.0210. The molecule has 168 valence electrons. The van der Waals surface area contributed by atoms with Crippen molar-refractivity contribution in [3.63, 3.8) is 0 Å². The van der Waals surface area contributed by atoms with Gasteiger partial charge in [-0.1, -0.05) is 18.2 Å². The summed E-state index contributed by atoms with van der Waals surface area (Å²) < 4.78 is 31.4. The maximum Gasteiger partial charge on any atom is 0.241 e. The summed E-state index contributed by atoms with van der Waals surface area (Å²) in [5, 5.41) is 2.94. The van der Waals surface area contributed by atoms with Crippen LogP contribution in [0.5, 0.6) is 5.75 Å². The summed E-state index contributed by atoms with van der Waals surface area (Å²) in [4.78, 5) is 12.7. The average Bonchev–Trinajstić information content (AvgIpc) is 2.71. The summed E-state index contributed by atoms with van der Waals surface area (Å²) in [6.07, 6.45) is 5.73. The van der Waals surface area contributed by atoms with Crippen molar-refractivity contribution in [2.75, 3.05) is 17.1 Å². The molecule has 0 radical (unpaired) electrons. The van der Waals surface area contributed by atoms with Gasteiger partial charge in [0.05, 0.1) is 24.1 Å². The number of amides is 1. The standard InChI is InChI=1S/C24H32N2O4S/c1-17(2)30-23-13-11-22(12-14-23)26(31(4,28)29)16-24(27)25-18(3)20-10-9-19-7-5-6-8-21(19)15-20/h9-15,17-18H,5-8,16H2,1-4H3,(H,25,27). The molecule has 0 bridgehead atoms. The van der Waals surface area contributed by atoms with E-state index in [1.54, 1.807) is 24.3 Å². The average molecular weight is 445 g/mol. The Kier molecular flexibility index (Phi) is 7.26. The number of anilines is 1. The topological polar surface area (TPSA) is 75.7 Å². The predicted octanol–water partition coefficient (Wildman–Crippen LogP) is 4.00. The molecular formula is C24H32N2O4S. The van der Waals surface area contributed by atoms with E-state index in [4.69, 9.17) is 4.74 Å². The second-order valence-electron chi connectivity index (χ2n) is 8.45. The Morgan fingerprint density at radius 3 is 2.29 bits per heavy atom. The lowest BCUT2D eigenvalue weighted by Gasteiger charge is -2.24. The number of hydrogen-bond donors (Lipinski definition) is 1. The fraction of sp³-hybridized carbons (Fsp3) is 0.458. The molecule has 0 saturated heterocycles. The van der Waals surface area contributed by atoms with Crippen LogP contribution in [0.25, 0.3) is 0 Å². The predicted molar refractivity (Wildman–Crippen MR) is 124 cm³/mol. The maximum absolute atomic E-state index is 12.7. The molecule has 0 heterocycles. The highest BCUT2D eigenvalue weighted by atomic mass is 32.2. The summed E-state index contributed by atoms with van der Waals surface area (Å²) in [5.74, 6) is 0.302. The quantitative estimate of drug-likeness (QED) is 0.668. The molecule has 2 aromatic rings. The second kappa shape index (κ2) is 9.73.